The molecular formula is C14H17NO4. The van der Waals surface area contributed by atoms with Gasteiger partial charge in [-0.1, -0.05) is 18.2 Å². The lowest BCUT2D eigenvalue weighted by atomic mass is 9.97. The lowest BCUT2D eigenvalue weighted by Crippen LogP contribution is -2.42. The second-order valence-electron chi connectivity index (χ2n) is 4.82. The van der Waals surface area contributed by atoms with Crippen LogP contribution in [0.2, 0.25) is 0 Å². The molecule has 0 saturated carbocycles. The minimum Gasteiger partial charge on any atom is -0.508 e. The van der Waals surface area contributed by atoms with Gasteiger partial charge >= 0.3 is 5.97 Å². The molecule has 19 heavy (non-hydrogen) atoms. The van der Waals surface area contributed by atoms with E-state index in [0.29, 0.717) is 24.9 Å². The maximum absolute atomic E-state index is 12.1. The molecule has 5 heteroatoms. The molecule has 2 N–H and O–H groups in total. The summed E-state index contributed by atoms with van der Waals surface area (Å²) in [5, 5.41) is 18.6. The summed E-state index contributed by atoms with van der Waals surface area (Å²) in [5.41, 5.74) is 0.574. The topological polar surface area (TPSA) is 77.8 Å². The Bertz CT molecular complexity index is 486. The highest BCUT2D eigenvalue weighted by Gasteiger charge is 2.28. The number of benzene rings is 1. The lowest BCUT2D eigenvalue weighted by molar-refractivity contribution is -0.145. The number of aliphatic carboxylic acids is 1. The molecule has 0 bridgehead atoms. The number of carboxylic acid groups (broad SMARTS) is 1. The van der Waals surface area contributed by atoms with Crippen LogP contribution in [0.4, 0.5) is 0 Å². The van der Waals surface area contributed by atoms with Gasteiger partial charge in [0, 0.05) is 18.7 Å². The van der Waals surface area contributed by atoms with Crippen molar-refractivity contribution in [3.8, 4) is 5.75 Å². The molecule has 0 spiro atoms. The molecule has 1 heterocycles. The number of nitrogens with zero attached hydrogens (tertiary/aromatic N) is 1. The molecule has 5 nitrogen and oxygen atoms in total. The molecule has 0 aromatic heterocycles. The number of para-hydroxylation sites is 1. The third-order valence-corrected chi connectivity index (χ3v) is 3.46. The lowest BCUT2D eigenvalue weighted by Gasteiger charge is -2.30. The Kier molecular flexibility index (Phi) is 4.04. The van der Waals surface area contributed by atoms with Crippen LogP contribution >= 0.6 is 0 Å². The molecule has 1 saturated heterocycles. The number of carbonyl (C=O) groups excluding carboxylic acids is 1. The van der Waals surface area contributed by atoms with Gasteiger partial charge in [-0.2, -0.15) is 0 Å². The monoisotopic (exact) mass is 263 g/mol. The van der Waals surface area contributed by atoms with E-state index < -0.39 is 11.9 Å². The fourth-order valence-corrected chi connectivity index (χ4v) is 2.34. The maximum atomic E-state index is 12.1. The summed E-state index contributed by atoms with van der Waals surface area (Å²) in [6, 6.07) is 6.70. The van der Waals surface area contributed by atoms with Gasteiger partial charge in [-0.15, -0.1) is 0 Å². The molecule has 1 aromatic carbocycles. The van der Waals surface area contributed by atoms with Crippen LogP contribution in [0.5, 0.6) is 5.75 Å². The van der Waals surface area contributed by atoms with Gasteiger partial charge in [-0.25, -0.2) is 0 Å². The van der Waals surface area contributed by atoms with Crippen molar-refractivity contribution in [2.45, 2.75) is 19.3 Å². The first-order valence-electron chi connectivity index (χ1n) is 6.35. The molecular weight excluding hydrogens is 246 g/mol. The van der Waals surface area contributed by atoms with Crippen LogP contribution in [0.3, 0.4) is 0 Å². The third-order valence-electron chi connectivity index (χ3n) is 3.46. The minimum atomic E-state index is -0.847. The van der Waals surface area contributed by atoms with Crippen LogP contribution in [0, 0.1) is 5.92 Å². The van der Waals surface area contributed by atoms with E-state index in [-0.39, 0.29) is 24.6 Å². The third kappa shape index (κ3) is 3.24. The van der Waals surface area contributed by atoms with Crippen molar-refractivity contribution in [3.63, 3.8) is 0 Å². The molecule has 0 radical (unpaired) electrons. The SMILES string of the molecule is O=C(O)[C@@H]1CCCN(C(=O)Cc2ccccc2O)C1. The van der Waals surface area contributed by atoms with Gasteiger partial charge in [0.25, 0.3) is 0 Å². The van der Waals surface area contributed by atoms with Gasteiger partial charge in [-0.3, -0.25) is 9.59 Å². The highest BCUT2D eigenvalue weighted by atomic mass is 16.4. The van der Waals surface area contributed by atoms with Crippen molar-refractivity contribution >= 4 is 11.9 Å². The number of piperidine rings is 1. The number of aromatic hydroxyl groups is 1. The number of phenolic OH excluding ortho intramolecular Hbond substituents is 1. The van der Waals surface area contributed by atoms with E-state index >= 15 is 0 Å². The standard InChI is InChI=1S/C14H17NO4/c16-12-6-2-1-4-10(12)8-13(17)15-7-3-5-11(9-15)14(18)19/h1-2,4,6,11,16H,3,5,7-9H2,(H,18,19)/t11-/m1/s1. The first-order valence-corrected chi connectivity index (χ1v) is 6.35. The van der Waals surface area contributed by atoms with Gasteiger partial charge < -0.3 is 15.1 Å². The Morgan fingerprint density at radius 3 is 2.74 bits per heavy atom. The molecule has 1 aliphatic heterocycles. The van der Waals surface area contributed by atoms with Crippen LogP contribution in [-0.2, 0) is 16.0 Å². The van der Waals surface area contributed by atoms with Crippen LogP contribution in [-0.4, -0.2) is 40.1 Å². The summed E-state index contributed by atoms with van der Waals surface area (Å²) < 4.78 is 0. The summed E-state index contributed by atoms with van der Waals surface area (Å²) in [5.74, 6) is -1.35. The van der Waals surface area contributed by atoms with E-state index in [4.69, 9.17) is 5.11 Å². The largest absolute Gasteiger partial charge is 0.508 e. The second-order valence-corrected chi connectivity index (χ2v) is 4.82. The van der Waals surface area contributed by atoms with Gasteiger partial charge in [0.05, 0.1) is 12.3 Å². The van der Waals surface area contributed by atoms with Gasteiger partial charge in [0.15, 0.2) is 0 Å². The summed E-state index contributed by atoms with van der Waals surface area (Å²) >= 11 is 0. The summed E-state index contributed by atoms with van der Waals surface area (Å²) in [4.78, 5) is 24.6. The van der Waals surface area contributed by atoms with Crippen molar-refractivity contribution in [2.75, 3.05) is 13.1 Å². The van der Waals surface area contributed by atoms with Gasteiger partial charge in [0.1, 0.15) is 5.75 Å². The zero-order valence-corrected chi connectivity index (χ0v) is 10.6. The highest BCUT2D eigenvalue weighted by molar-refractivity contribution is 5.80. The normalized spacial score (nSPS) is 19.2. The summed E-state index contributed by atoms with van der Waals surface area (Å²) in [6.45, 7) is 0.859. The Labute approximate surface area is 111 Å². The number of phenols is 1. The number of hydrogen-bond acceptors (Lipinski definition) is 3. The predicted molar refractivity (Wildman–Crippen MR) is 68.8 cm³/mol. The van der Waals surface area contributed by atoms with Crippen molar-refractivity contribution in [3.05, 3.63) is 29.8 Å². The average molecular weight is 263 g/mol. The Hall–Kier alpha value is -2.04. The molecule has 1 fully saturated rings. The quantitative estimate of drug-likeness (QED) is 0.860. The molecule has 1 aliphatic rings. The Morgan fingerprint density at radius 1 is 1.32 bits per heavy atom. The predicted octanol–water partition coefficient (Wildman–Crippen LogP) is 1.26. The fraction of sp³-hybridized carbons (Fsp3) is 0.429. The van der Waals surface area contributed by atoms with Crippen LogP contribution in [0.25, 0.3) is 0 Å². The number of carboxylic acids is 1. The van der Waals surface area contributed by atoms with Crippen LogP contribution < -0.4 is 0 Å². The number of likely N-dealkylation sites (tertiary alicyclic amines) is 1. The van der Waals surface area contributed by atoms with E-state index in [9.17, 15) is 14.7 Å². The smallest absolute Gasteiger partial charge is 0.308 e. The number of carbonyl (C=O) groups is 2. The van der Waals surface area contributed by atoms with E-state index in [1.54, 1.807) is 29.2 Å². The van der Waals surface area contributed by atoms with Crippen molar-refractivity contribution in [1.82, 2.24) is 4.90 Å². The highest BCUT2D eigenvalue weighted by Crippen LogP contribution is 2.20. The second kappa shape index (κ2) is 5.73. The van der Waals surface area contributed by atoms with Crippen LogP contribution in [0.15, 0.2) is 24.3 Å². The first kappa shape index (κ1) is 13.4. The zero-order valence-electron chi connectivity index (χ0n) is 10.6. The molecule has 1 amide bonds. The summed E-state index contributed by atoms with van der Waals surface area (Å²) in [7, 11) is 0. The van der Waals surface area contributed by atoms with E-state index in [1.165, 1.54) is 0 Å². The number of rotatable bonds is 3. The van der Waals surface area contributed by atoms with Crippen LogP contribution in [0.1, 0.15) is 18.4 Å². The molecule has 2 rings (SSSR count). The van der Waals surface area contributed by atoms with Gasteiger partial charge in [-0.05, 0) is 18.9 Å². The van der Waals surface area contributed by atoms with E-state index in [2.05, 4.69) is 0 Å². The van der Waals surface area contributed by atoms with Gasteiger partial charge in [0.2, 0.25) is 5.91 Å². The molecule has 102 valence electrons. The van der Waals surface area contributed by atoms with Crippen molar-refractivity contribution < 1.29 is 19.8 Å². The minimum absolute atomic E-state index is 0.0997. The Morgan fingerprint density at radius 2 is 2.05 bits per heavy atom. The molecule has 0 unspecified atom stereocenters. The Balaban J connectivity index is 2.00. The average Bonchev–Trinajstić information content (AvgIpc) is 2.41. The molecule has 0 aliphatic carbocycles. The molecule has 1 aromatic rings. The number of hydrogen-bond donors (Lipinski definition) is 2. The fourth-order valence-electron chi connectivity index (χ4n) is 2.34. The molecule has 1 atom stereocenters. The summed E-state index contributed by atoms with van der Waals surface area (Å²) in [6.07, 6.45) is 1.44. The number of amides is 1. The first-order chi connectivity index (χ1) is 9.08. The van der Waals surface area contributed by atoms with E-state index in [1.807, 2.05) is 0 Å². The van der Waals surface area contributed by atoms with Crippen molar-refractivity contribution in [1.29, 1.82) is 0 Å². The van der Waals surface area contributed by atoms with E-state index in [0.717, 1.165) is 0 Å². The van der Waals surface area contributed by atoms with Crippen molar-refractivity contribution in [2.24, 2.45) is 5.92 Å². The zero-order chi connectivity index (χ0) is 13.8. The maximum Gasteiger partial charge on any atom is 0.308 e.